The summed E-state index contributed by atoms with van der Waals surface area (Å²) >= 11 is 5.97. The first-order valence-corrected chi connectivity index (χ1v) is 45.4. The third-order valence-electron chi connectivity index (χ3n) is 24.8. The molecule has 114 heavy (non-hydrogen) atoms. The predicted molar refractivity (Wildman–Crippen MR) is 472 cm³/mol. The van der Waals surface area contributed by atoms with Crippen LogP contribution in [0.3, 0.4) is 0 Å². The molecule has 4 heterocycles. The first-order valence-electron chi connectivity index (χ1n) is 42.1. The SMILES string of the molecule is CCCCCC1CCC(c2ccc(-c3ccc(N4C(=O)S/C(=C\C=C5\Sc6ccccc6N5C)C4=O)cc3)c(F)c2F)CC1.CCCCCC1CCC(c2ccc(-c3ccc(Sc4cccc5c4N=C4C=C6Oc7cccc(Sc8ccc(-c9ccc(C%10CCC(CCCCC)CC%10)cc9)cc8)c7NC6C=C4O5)cc3)cc2)CC1. The maximum Gasteiger partial charge on any atom is 0.298 e. The summed E-state index contributed by atoms with van der Waals surface area (Å²) in [6.45, 7) is 6.82. The van der Waals surface area contributed by atoms with Crippen LogP contribution in [0.2, 0.25) is 0 Å². The van der Waals surface area contributed by atoms with Crippen molar-refractivity contribution in [2.24, 2.45) is 22.7 Å². The molecular weight excluding hydrogens is 1490 g/mol. The molecular formula is C100H104F2N4O4S4. The predicted octanol–water partition coefficient (Wildman–Crippen LogP) is 29.8. The summed E-state index contributed by atoms with van der Waals surface area (Å²) in [6.07, 6.45) is 38.6. The highest BCUT2D eigenvalue weighted by Crippen LogP contribution is 2.51. The molecule has 0 radical (unpaired) electrons. The van der Waals surface area contributed by atoms with Gasteiger partial charge in [-0.3, -0.25) is 9.59 Å². The van der Waals surface area contributed by atoms with Crippen molar-refractivity contribution in [2.45, 2.75) is 223 Å². The van der Waals surface area contributed by atoms with Gasteiger partial charge in [0.15, 0.2) is 28.9 Å². The fourth-order valence-electron chi connectivity index (χ4n) is 18.1. The summed E-state index contributed by atoms with van der Waals surface area (Å²) in [5.74, 6) is 5.18. The fourth-order valence-corrected chi connectivity index (χ4v) is 21.8. The van der Waals surface area contributed by atoms with Gasteiger partial charge in [0.05, 0.1) is 27.0 Å². The number of hydrogen-bond acceptors (Lipinski definition) is 11. The molecule has 3 saturated carbocycles. The number of hydrogen-bond donors (Lipinski definition) is 1. The first-order chi connectivity index (χ1) is 55.9. The average molecular weight is 1590 g/mol. The zero-order chi connectivity index (χ0) is 78.0. The average Bonchev–Trinajstić information content (AvgIpc) is 1.21. The minimum atomic E-state index is -0.848. The summed E-state index contributed by atoms with van der Waals surface area (Å²) in [5, 5.41) is 4.34. The van der Waals surface area contributed by atoms with Crippen molar-refractivity contribution in [3.8, 4) is 44.9 Å². The molecule has 4 fully saturated rings. The molecule has 4 aliphatic heterocycles. The van der Waals surface area contributed by atoms with Gasteiger partial charge in [-0.1, -0.05) is 254 Å². The molecule has 17 rings (SSSR count). The standard InChI is InChI=1S/C64H68N2O2S2.C36H36F2N2O2S2/c1-3-5-7-11-43-17-21-45(22-18-43)47-25-29-49(30-26-47)51-33-37-53(38-34-51)69-61-15-9-13-57-63(61)65-55-41-60-56(42-59(55)67-57)66-64-58(68-60)14-10-16-62(64)70-54-39-35-52(36-40-54)50-31-27-48(28-32-50)46-23-19-44(20-24-46)12-8-6-4-2;1-3-4-5-8-23-11-13-24(14-12-23)27-19-20-28(34(38)33(27)37)25-15-17-26(18-16-25)40-35(41)31(44-36(40)42)21-22-32-39(2)29-9-6-7-10-30(29)43-32/h9-10,13-16,25-46,55,65H,3-8,11-12,17-24H2,1-2H3;6-7,9-10,15-24H,3-5,8,11-14H2,1-2H3/b;31-21-,32-22+. The van der Waals surface area contributed by atoms with E-state index in [1.54, 1.807) is 77.8 Å². The lowest BCUT2D eigenvalue weighted by Gasteiger charge is -2.33. The molecule has 1 unspecified atom stereocenters. The van der Waals surface area contributed by atoms with Crippen molar-refractivity contribution in [3.63, 3.8) is 0 Å². The third-order valence-corrected chi connectivity index (χ3v) is 29.0. The minimum absolute atomic E-state index is 0.0499. The van der Waals surface area contributed by atoms with Gasteiger partial charge in [0.1, 0.15) is 23.2 Å². The van der Waals surface area contributed by atoms with Crippen LogP contribution in [-0.2, 0) is 4.79 Å². The number of unbranched alkanes of at least 4 members (excludes halogenated alkanes) is 6. The monoisotopic (exact) mass is 1590 g/mol. The van der Waals surface area contributed by atoms with E-state index in [-0.39, 0.29) is 17.5 Å². The molecule has 2 amide bonds. The van der Waals surface area contributed by atoms with E-state index in [0.29, 0.717) is 39.5 Å². The van der Waals surface area contributed by atoms with Crippen LogP contribution in [0.5, 0.6) is 11.5 Å². The number of thioether (sulfide) groups is 2. The van der Waals surface area contributed by atoms with Gasteiger partial charge in [-0.05, 0) is 260 Å². The number of fused-ring (bicyclic) bond motifs is 5. The molecule has 9 aromatic carbocycles. The highest BCUT2D eigenvalue weighted by atomic mass is 32.2. The molecule has 1 N–H and O–H groups in total. The van der Waals surface area contributed by atoms with Crippen LogP contribution in [-0.4, -0.2) is 29.9 Å². The Balaban J connectivity index is 0.000000191. The van der Waals surface area contributed by atoms with Crippen molar-refractivity contribution in [3.05, 3.63) is 268 Å². The number of benzene rings is 9. The van der Waals surface area contributed by atoms with Gasteiger partial charge >= 0.3 is 0 Å². The van der Waals surface area contributed by atoms with E-state index in [4.69, 9.17) is 14.5 Å². The van der Waals surface area contributed by atoms with Crippen molar-refractivity contribution >= 4 is 86.7 Å². The van der Waals surface area contributed by atoms with E-state index in [1.165, 1.54) is 172 Å². The largest absolute Gasteiger partial charge is 0.457 e. The minimum Gasteiger partial charge on any atom is -0.457 e. The van der Waals surface area contributed by atoms with E-state index in [0.717, 1.165) is 120 Å². The van der Waals surface area contributed by atoms with Crippen molar-refractivity contribution < 1.29 is 27.8 Å². The van der Waals surface area contributed by atoms with Gasteiger partial charge in [-0.15, -0.1) is 0 Å². The molecule has 4 aliphatic carbocycles. The third kappa shape index (κ3) is 18.2. The second-order valence-corrected chi connectivity index (χ2v) is 36.6. The Labute approximate surface area is 690 Å². The lowest BCUT2D eigenvalue weighted by Crippen LogP contribution is -2.33. The Morgan fingerprint density at radius 2 is 1.03 bits per heavy atom. The topological polar surface area (TPSA) is 83.5 Å². The number of ether oxygens (including phenoxy) is 2. The molecule has 9 aromatic rings. The maximum atomic E-state index is 15.4. The summed E-state index contributed by atoms with van der Waals surface area (Å²) in [5.41, 5.74) is 13.3. The smallest absolute Gasteiger partial charge is 0.298 e. The number of para-hydroxylation sites is 3. The van der Waals surface area contributed by atoms with Crippen LogP contribution in [0.15, 0.2) is 269 Å². The second kappa shape index (κ2) is 37.0. The normalized spacial score (nSPS) is 21.6. The lowest BCUT2D eigenvalue weighted by atomic mass is 9.76. The molecule has 0 aromatic heterocycles. The van der Waals surface area contributed by atoms with Crippen molar-refractivity contribution in [2.75, 3.05) is 22.2 Å². The molecule has 1 saturated heterocycles. The van der Waals surface area contributed by atoms with Crippen LogP contribution in [0.4, 0.5) is 36.3 Å². The number of carbonyl (C=O) groups excluding carboxylic acids is 2. The summed E-state index contributed by atoms with van der Waals surface area (Å²) in [7, 11) is 1.97. The Kier molecular flexibility index (Phi) is 25.7. The number of rotatable bonds is 24. The van der Waals surface area contributed by atoms with Crippen LogP contribution >= 0.6 is 47.0 Å². The van der Waals surface area contributed by atoms with Gasteiger partial charge in [-0.2, -0.15) is 0 Å². The number of halogens is 2. The molecule has 586 valence electrons. The molecule has 0 spiro atoms. The molecule has 14 heteroatoms. The quantitative estimate of drug-likeness (QED) is 0.0466. The number of carbonyl (C=O) groups is 2. The highest BCUT2D eigenvalue weighted by molar-refractivity contribution is 8.18. The highest BCUT2D eigenvalue weighted by Gasteiger charge is 2.38. The number of aliphatic imine (C=N–C) groups is 1. The number of anilines is 3. The van der Waals surface area contributed by atoms with Crippen molar-refractivity contribution in [1.82, 2.24) is 0 Å². The van der Waals surface area contributed by atoms with Gasteiger partial charge in [0.2, 0.25) is 0 Å². The second-order valence-electron chi connectivity index (χ2n) is 32.3. The molecule has 8 aliphatic rings. The fraction of sp³-hybridized carbons (Fsp3) is 0.350. The van der Waals surface area contributed by atoms with Crippen LogP contribution in [0.1, 0.15) is 209 Å². The molecule has 0 bridgehead atoms. The van der Waals surface area contributed by atoms with E-state index in [2.05, 4.69) is 153 Å². The van der Waals surface area contributed by atoms with E-state index in [9.17, 15) is 9.59 Å². The Morgan fingerprint density at radius 1 is 0.509 bits per heavy atom. The summed E-state index contributed by atoms with van der Waals surface area (Å²) in [4.78, 5) is 40.4. The number of imide groups is 1. The lowest BCUT2D eigenvalue weighted by molar-refractivity contribution is -0.113. The van der Waals surface area contributed by atoms with E-state index >= 15 is 8.78 Å². The Morgan fingerprint density at radius 3 is 1.59 bits per heavy atom. The van der Waals surface area contributed by atoms with Gasteiger partial charge < -0.3 is 19.7 Å². The number of nitrogens with zero attached hydrogens (tertiary/aromatic N) is 3. The Hall–Kier alpha value is -8.79. The van der Waals surface area contributed by atoms with Gasteiger partial charge in [0.25, 0.3) is 11.1 Å². The maximum absolute atomic E-state index is 15.4. The number of nitrogens with one attached hydrogen (secondary N) is 1. The summed E-state index contributed by atoms with van der Waals surface area (Å²) in [6, 6.07) is 67.0. The van der Waals surface area contributed by atoms with E-state index < -0.39 is 22.8 Å². The van der Waals surface area contributed by atoms with Crippen LogP contribution in [0, 0.1) is 29.4 Å². The zero-order valence-electron chi connectivity index (χ0n) is 66.2. The van der Waals surface area contributed by atoms with Gasteiger partial charge in [-0.25, -0.2) is 18.7 Å². The first kappa shape index (κ1) is 79.1. The van der Waals surface area contributed by atoms with Crippen LogP contribution < -0.4 is 24.6 Å². The molecule has 8 nitrogen and oxygen atoms in total. The molecule has 1 atom stereocenters. The van der Waals surface area contributed by atoms with Crippen molar-refractivity contribution in [1.29, 1.82) is 0 Å². The zero-order valence-corrected chi connectivity index (χ0v) is 69.4. The Bertz CT molecular complexity index is 5070. The van der Waals surface area contributed by atoms with E-state index in [1.807, 2.05) is 60.5 Å². The van der Waals surface area contributed by atoms with Gasteiger partial charge in [0, 0.05) is 43.2 Å². The summed E-state index contributed by atoms with van der Waals surface area (Å²) < 4.78 is 44.0. The van der Waals surface area contributed by atoms with Crippen LogP contribution in [0.25, 0.3) is 33.4 Å². The number of amides is 2. The number of allylic oxidation sites excluding steroid dienone is 3.